The zero-order valence-electron chi connectivity index (χ0n) is 18.9. The van der Waals surface area contributed by atoms with Crippen LogP contribution >= 0.6 is 0 Å². The van der Waals surface area contributed by atoms with Gasteiger partial charge in [-0.15, -0.1) is 0 Å². The van der Waals surface area contributed by atoms with Crippen molar-refractivity contribution in [3.8, 4) is 5.75 Å². The Morgan fingerprint density at radius 2 is 1.89 bits per heavy atom. The van der Waals surface area contributed by atoms with E-state index in [1.807, 2.05) is 6.07 Å². The van der Waals surface area contributed by atoms with E-state index in [0.29, 0.717) is 16.9 Å². The minimum atomic E-state index is -0.709. The Morgan fingerprint density at radius 1 is 1.09 bits per heavy atom. The van der Waals surface area contributed by atoms with Crippen LogP contribution in [0, 0.1) is 0 Å². The third-order valence-corrected chi connectivity index (χ3v) is 7.32. The number of benzene rings is 2. The van der Waals surface area contributed by atoms with E-state index in [9.17, 15) is 24.0 Å². The normalized spacial score (nSPS) is 21.4. The van der Waals surface area contributed by atoms with Gasteiger partial charge in [-0.2, -0.15) is 0 Å². The van der Waals surface area contributed by atoms with Gasteiger partial charge in [-0.1, -0.05) is 12.1 Å². The number of anilines is 2. The summed E-state index contributed by atoms with van der Waals surface area (Å²) in [7, 11) is 1.57. The van der Waals surface area contributed by atoms with Crippen molar-refractivity contribution >= 4 is 41.1 Å². The van der Waals surface area contributed by atoms with Gasteiger partial charge in [0.1, 0.15) is 11.8 Å². The van der Waals surface area contributed by atoms with Gasteiger partial charge in [0.15, 0.2) is 0 Å². The molecule has 1 saturated heterocycles. The van der Waals surface area contributed by atoms with E-state index in [1.54, 1.807) is 31.3 Å². The molecular formula is C25H22N4O6. The topological polar surface area (TPSA) is 125 Å². The van der Waals surface area contributed by atoms with E-state index in [2.05, 4.69) is 10.6 Å². The van der Waals surface area contributed by atoms with Crippen molar-refractivity contribution < 1.29 is 28.7 Å². The van der Waals surface area contributed by atoms with E-state index >= 15 is 0 Å². The predicted molar refractivity (Wildman–Crippen MR) is 123 cm³/mol. The highest BCUT2D eigenvalue weighted by molar-refractivity contribution is 6.09. The number of carbonyl (C=O) groups is 5. The maximum absolute atomic E-state index is 13.0. The molecule has 0 radical (unpaired) electrons. The number of amides is 5. The lowest BCUT2D eigenvalue weighted by molar-refractivity contribution is -0.137. The summed E-state index contributed by atoms with van der Waals surface area (Å²) in [5, 5.41) is 5.17. The van der Waals surface area contributed by atoms with Gasteiger partial charge in [-0.25, -0.2) is 4.79 Å². The second-order valence-electron chi connectivity index (χ2n) is 9.41. The van der Waals surface area contributed by atoms with E-state index in [4.69, 9.17) is 4.74 Å². The van der Waals surface area contributed by atoms with Crippen molar-refractivity contribution in [1.82, 2.24) is 10.2 Å². The van der Waals surface area contributed by atoms with Crippen LogP contribution in [0.1, 0.15) is 47.2 Å². The molecule has 1 saturated carbocycles. The average Bonchev–Trinajstić information content (AvgIpc) is 3.51. The van der Waals surface area contributed by atoms with E-state index in [0.717, 1.165) is 24.0 Å². The van der Waals surface area contributed by atoms with Crippen molar-refractivity contribution in [2.45, 2.75) is 43.7 Å². The van der Waals surface area contributed by atoms with Crippen LogP contribution in [-0.4, -0.2) is 47.7 Å². The zero-order valence-corrected chi connectivity index (χ0v) is 18.9. The molecule has 35 heavy (non-hydrogen) atoms. The fourth-order valence-corrected chi connectivity index (χ4v) is 5.12. The van der Waals surface area contributed by atoms with Crippen LogP contribution in [0.5, 0.6) is 5.75 Å². The summed E-state index contributed by atoms with van der Waals surface area (Å²) in [6.45, 7) is 0.247. The highest BCUT2D eigenvalue weighted by atomic mass is 16.6. The number of nitrogens with one attached hydrogen (secondary N) is 2. The number of hydrogen-bond donors (Lipinski definition) is 2. The highest BCUT2D eigenvalue weighted by Gasteiger charge is 2.56. The van der Waals surface area contributed by atoms with Crippen molar-refractivity contribution in [3.05, 3.63) is 53.1 Å². The molecule has 10 nitrogen and oxygen atoms in total. The molecule has 0 bridgehead atoms. The molecule has 2 fully saturated rings. The van der Waals surface area contributed by atoms with E-state index in [1.165, 1.54) is 15.9 Å². The Hall–Kier alpha value is -4.21. The molecule has 2 aromatic carbocycles. The summed E-state index contributed by atoms with van der Waals surface area (Å²) in [6.07, 6.45) is 1.48. The van der Waals surface area contributed by atoms with Gasteiger partial charge in [0.2, 0.25) is 17.7 Å². The Morgan fingerprint density at radius 3 is 2.63 bits per heavy atom. The fraction of sp³-hybridized carbons (Fsp3) is 0.320. The zero-order chi connectivity index (χ0) is 24.5. The minimum absolute atomic E-state index is 0.00374. The molecule has 4 aliphatic rings. The summed E-state index contributed by atoms with van der Waals surface area (Å²) in [4.78, 5) is 64.5. The molecule has 3 heterocycles. The molecule has 0 aromatic heterocycles. The maximum atomic E-state index is 13.0. The van der Waals surface area contributed by atoms with E-state index in [-0.39, 0.29) is 42.9 Å². The molecule has 178 valence electrons. The second kappa shape index (κ2) is 7.39. The average molecular weight is 474 g/mol. The molecule has 1 atom stereocenters. The molecule has 5 amide bonds. The van der Waals surface area contributed by atoms with Crippen molar-refractivity contribution in [2.24, 2.45) is 0 Å². The predicted octanol–water partition coefficient (Wildman–Crippen LogP) is 2.07. The largest absolute Gasteiger partial charge is 0.419 e. The molecule has 1 unspecified atom stereocenters. The van der Waals surface area contributed by atoms with Crippen LogP contribution in [0.15, 0.2) is 36.4 Å². The third-order valence-electron chi connectivity index (χ3n) is 7.32. The number of ether oxygens (including phenoxy) is 1. The Balaban J connectivity index is 1.16. The maximum Gasteiger partial charge on any atom is 0.419 e. The fourth-order valence-electron chi connectivity index (χ4n) is 5.12. The number of carbonyl (C=O) groups excluding carboxylic acids is 5. The van der Waals surface area contributed by atoms with Crippen LogP contribution < -0.4 is 20.3 Å². The van der Waals surface area contributed by atoms with Gasteiger partial charge in [0.25, 0.3) is 5.91 Å². The number of hydrogen-bond acceptors (Lipinski definition) is 6. The summed E-state index contributed by atoms with van der Waals surface area (Å²) < 4.78 is 5.52. The molecule has 2 N–H and O–H groups in total. The smallest absolute Gasteiger partial charge is 0.410 e. The van der Waals surface area contributed by atoms with Gasteiger partial charge < -0.3 is 15.0 Å². The molecule has 1 spiro atoms. The molecule has 10 heteroatoms. The minimum Gasteiger partial charge on any atom is -0.410 e. The molecular weight excluding hydrogens is 452 g/mol. The monoisotopic (exact) mass is 474 g/mol. The van der Waals surface area contributed by atoms with Gasteiger partial charge in [-0.3, -0.25) is 29.4 Å². The van der Waals surface area contributed by atoms with Crippen LogP contribution in [0.25, 0.3) is 0 Å². The summed E-state index contributed by atoms with van der Waals surface area (Å²) in [5.41, 5.74) is 2.92. The standard InChI is InChI=1S/C25H22N4O6/c1-28(14-3-5-17-18(10-14)26-23(33)25(17)8-9-25)24(34)35-15-4-2-13-12-29(22(32)16(13)11-15)19-6-7-20(30)27-21(19)31/h2-5,10-11,19H,6-9,12H2,1H3,(H,26,33)(H,27,30,31). The second-order valence-corrected chi connectivity index (χ2v) is 9.41. The van der Waals surface area contributed by atoms with Crippen molar-refractivity contribution in [2.75, 3.05) is 17.3 Å². The molecule has 3 aliphatic heterocycles. The van der Waals surface area contributed by atoms with E-state index < -0.39 is 23.5 Å². The SMILES string of the molecule is CN(C(=O)Oc1ccc2c(c1)C(=O)N(C1CCC(=O)NC1=O)C2)c1ccc2c(c1)NC(=O)C21CC1. The lowest BCUT2D eigenvalue weighted by Gasteiger charge is -2.29. The lowest BCUT2D eigenvalue weighted by Crippen LogP contribution is -2.52. The number of imide groups is 1. The Kier molecular flexibility index (Phi) is 4.51. The number of nitrogens with zero attached hydrogens (tertiary/aromatic N) is 2. The van der Waals surface area contributed by atoms with Crippen molar-refractivity contribution in [3.63, 3.8) is 0 Å². The Labute approximate surface area is 200 Å². The van der Waals surface area contributed by atoms with Crippen LogP contribution in [0.2, 0.25) is 0 Å². The number of rotatable bonds is 3. The summed E-state index contributed by atoms with van der Waals surface area (Å²) >= 11 is 0. The van der Waals surface area contributed by atoms with Crippen molar-refractivity contribution in [1.29, 1.82) is 0 Å². The van der Waals surface area contributed by atoms with Crippen LogP contribution in [-0.2, 0) is 26.3 Å². The first-order chi connectivity index (χ1) is 16.8. The summed E-state index contributed by atoms with van der Waals surface area (Å²) in [5.74, 6) is -0.959. The lowest BCUT2D eigenvalue weighted by atomic mass is 9.97. The first kappa shape index (κ1) is 21.3. The molecule has 6 rings (SSSR count). The Bertz CT molecular complexity index is 1350. The first-order valence-corrected chi connectivity index (χ1v) is 11.5. The van der Waals surface area contributed by atoms with Gasteiger partial charge in [0.05, 0.1) is 5.41 Å². The number of piperidine rings is 1. The number of fused-ring (bicyclic) bond motifs is 3. The van der Waals surface area contributed by atoms with Gasteiger partial charge >= 0.3 is 6.09 Å². The highest BCUT2D eigenvalue weighted by Crippen LogP contribution is 2.55. The van der Waals surface area contributed by atoms with Crippen LogP contribution in [0.4, 0.5) is 16.2 Å². The van der Waals surface area contributed by atoms with Crippen LogP contribution in [0.3, 0.4) is 0 Å². The third kappa shape index (κ3) is 3.28. The van der Waals surface area contributed by atoms with Gasteiger partial charge in [-0.05, 0) is 54.7 Å². The molecule has 1 aliphatic carbocycles. The quantitative estimate of drug-likeness (QED) is 0.656. The first-order valence-electron chi connectivity index (χ1n) is 11.5. The summed E-state index contributed by atoms with van der Waals surface area (Å²) in [6, 6.07) is 9.50. The molecule has 2 aromatic rings. The van der Waals surface area contributed by atoms with Gasteiger partial charge in [0, 0.05) is 37.0 Å².